The van der Waals surface area contributed by atoms with Gasteiger partial charge in [-0.2, -0.15) is 0 Å². The Morgan fingerprint density at radius 1 is 1.04 bits per heavy atom. The normalized spacial score (nSPS) is 17.0. The summed E-state index contributed by atoms with van der Waals surface area (Å²) in [5.74, 6) is -1.31. The van der Waals surface area contributed by atoms with Crippen LogP contribution in [0.2, 0.25) is 0 Å². The van der Waals surface area contributed by atoms with Crippen LogP contribution in [0.25, 0.3) is 0 Å². The molecule has 1 amide bonds. The number of rotatable bonds is 4. The predicted molar refractivity (Wildman–Crippen MR) is 95.7 cm³/mol. The van der Waals surface area contributed by atoms with E-state index in [1.165, 1.54) is 48.4 Å². The first-order chi connectivity index (χ1) is 12.8. The number of hydrogen-bond donors (Lipinski definition) is 0. The Labute approximate surface area is 156 Å². The van der Waals surface area contributed by atoms with E-state index in [0.29, 0.717) is 24.1 Å². The van der Waals surface area contributed by atoms with Crippen molar-refractivity contribution in [3.05, 3.63) is 65.5 Å². The predicted octanol–water partition coefficient (Wildman–Crippen LogP) is 2.30. The first kappa shape index (κ1) is 19.0. The third-order valence-electron chi connectivity index (χ3n) is 4.57. The number of methoxy groups -OCH3 is 1. The molecule has 8 heteroatoms. The van der Waals surface area contributed by atoms with Gasteiger partial charge in [-0.15, -0.1) is 0 Å². The zero-order chi connectivity index (χ0) is 19.6. The minimum absolute atomic E-state index is 0.0469. The molecule has 0 bridgehead atoms. The summed E-state index contributed by atoms with van der Waals surface area (Å²) in [6, 6.07) is 10.7. The van der Waals surface area contributed by atoms with Crippen LogP contribution in [-0.2, 0) is 14.6 Å². The molecular formula is C19H18FNO5S. The lowest BCUT2D eigenvalue weighted by Gasteiger charge is -2.17. The number of halogens is 1. The Hall–Kier alpha value is -2.74. The fourth-order valence-electron chi connectivity index (χ4n) is 3.03. The van der Waals surface area contributed by atoms with E-state index in [0.717, 1.165) is 12.1 Å². The summed E-state index contributed by atoms with van der Waals surface area (Å²) in [5.41, 5.74) is 0.690. The molecule has 1 atom stereocenters. The number of esters is 1. The van der Waals surface area contributed by atoms with Gasteiger partial charge in [-0.1, -0.05) is 0 Å². The zero-order valence-electron chi connectivity index (χ0n) is 14.6. The number of likely N-dealkylation sites (tertiary alicyclic amines) is 1. The molecule has 142 valence electrons. The van der Waals surface area contributed by atoms with Crippen LogP contribution in [0.1, 0.15) is 27.1 Å². The van der Waals surface area contributed by atoms with Crippen molar-refractivity contribution in [3.63, 3.8) is 0 Å². The van der Waals surface area contributed by atoms with E-state index in [4.69, 9.17) is 0 Å². The topological polar surface area (TPSA) is 80.8 Å². The molecule has 0 N–H and O–H groups in total. The molecule has 0 saturated carbocycles. The molecule has 1 aliphatic rings. The van der Waals surface area contributed by atoms with E-state index in [1.807, 2.05) is 0 Å². The second-order valence-electron chi connectivity index (χ2n) is 6.23. The summed E-state index contributed by atoms with van der Waals surface area (Å²) in [6.45, 7) is 0.375. The highest BCUT2D eigenvalue weighted by molar-refractivity contribution is 7.92. The third-order valence-corrected chi connectivity index (χ3v) is 6.76. The molecule has 3 rings (SSSR count). The van der Waals surface area contributed by atoms with E-state index in [-0.39, 0.29) is 17.3 Å². The molecule has 1 fully saturated rings. The van der Waals surface area contributed by atoms with Crippen LogP contribution in [0.15, 0.2) is 53.4 Å². The third kappa shape index (κ3) is 3.85. The highest BCUT2D eigenvalue weighted by Crippen LogP contribution is 2.25. The SMILES string of the molecule is COC(=O)c1ccc(C(=O)N2CCC(S(=O)(=O)c3ccc(F)cc3)C2)cc1. The van der Waals surface area contributed by atoms with Crippen LogP contribution in [0.5, 0.6) is 0 Å². The minimum Gasteiger partial charge on any atom is -0.465 e. The molecule has 0 aliphatic carbocycles. The highest BCUT2D eigenvalue weighted by atomic mass is 32.2. The van der Waals surface area contributed by atoms with Gasteiger partial charge in [0.2, 0.25) is 0 Å². The van der Waals surface area contributed by atoms with Gasteiger partial charge < -0.3 is 9.64 Å². The maximum atomic E-state index is 13.0. The van der Waals surface area contributed by atoms with Gasteiger partial charge in [-0.25, -0.2) is 17.6 Å². The Balaban J connectivity index is 1.72. The van der Waals surface area contributed by atoms with Gasteiger partial charge in [0.15, 0.2) is 9.84 Å². The van der Waals surface area contributed by atoms with Gasteiger partial charge in [0.1, 0.15) is 5.82 Å². The molecule has 1 heterocycles. The second-order valence-corrected chi connectivity index (χ2v) is 8.46. The van der Waals surface area contributed by atoms with Crippen LogP contribution >= 0.6 is 0 Å². The quantitative estimate of drug-likeness (QED) is 0.590. The summed E-state index contributed by atoms with van der Waals surface area (Å²) in [5, 5.41) is -0.735. The smallest absolute Gasteiger partial charge is 0.337 e. The van der Waals surface area contributed by atoms with Crippen LogP contribution in [0, 0.1) is 5.82 Å². The van der Waals surface area contributed by atoms with Crippen molar-refractivity contribution in [2.24, 2.45) is 0 Å². The summed E-state index contributed by atoms with van der Waals surface area (Å²) in [6.07, 6.45) is 0.311. The van der Waals surface area contributed by atoms with Crippen molar-refractivity contribution in [2.75, 3.05) is 20.2 Å². The zero-order valence-corrected chi connectivity index (χ0v) is 15.4. The molecule has 2 aromatic carbocycles. The van der Waals surface area contributed by atoms with E-state index in [2.05, 4.69) is 4.74 Å². The van der Waals surface area contributed by atoms with Crippen LogP contribution in [0.4, 0.5) is 4.39 Å². The largest absolute Gasteiger partial charge is 0.465 e. The Kier molecular flexibility index (Phi) is 5.27. The number of amides is 1. The molecule has 1 unspecified atom stereocenters. The lowest BCUT2D eigenvalue weighted by Crippen LogP contribution is -2.32. The van der Waals surface area contributed by atoms with E-state index < -0.39 is 26.9 Å². The molecule has 0 radical (unpaired) electrons. The van der Waals surface area contributed by atoms with Crippen LogP contribution < -0.4 is 0 Å². The van der Waals surface area contributed by atoms with Gasteiger partial charge in [-0.3, -0.25) is 4.79 Å². The standard InChI is InChI=1S/C19H18FNO5S/c1-26-19(23)14-4-2-13(3-5-14)18(22)21-11-10-17(12-21)27(24,25)16-8-6-15(20)7-9-16/h2-9,17H,10-12H2,1H3. The van der Waals surface area contributed by atoms with Gasteiger partial charge in [0.25, 0.3) is 5.91 Å². The average Bonchev–Trinajstić information content (AvgIpc) is 3.18. The average molecular weight is 391 g/mol. The van der Waals surface area contributed by atoms with Gasteiger partial charge in [-0.05, 0) is 55.0 Å². The first-order valence-electron chi connectivity index (χ1n) is 8.30. The monoisotopic (exact) mass is 391 g/mol. The Morgan fingerprint density at radius 3 is 2.22 bits per heavy atom. The molecular weight excluding hydrogens is 373 g/mol. The number of carbonyl (C=O) groups is 2. The molecule has 0 spiro atoms. The maximum Gasteiger partial charge on any atom is 0.337 e. The van der Waals surface area contributed by atoms with Crippen molar-refractivity contribution in [3.8, 4) is 0 Å². The lowest BCUT2D eigenvalue weighted by atomic mass is 10.1. The summed E-state index contributed by atoms with van der Waals surface area (Å²) in [7, 11) is -2.38. The number of hydrogen-bond acceptors (Lipinski definition) is 5. The minimum atomic E-state index is -3.65. The van der Waals surface area contributed by atoms with Crippen molar-refractivity contribution in [2.45, 2.75) is 16.6 Å². The fraction of sp³-hybridized carbons (Fsp3) is 0.263. The lowest BCUT2D eigenvalue weighted by molar-refractivity contribution is 0.0600. The van der Waals surface area contributed by atoms with E-state index in [1.54, 1.807) is 0 Å². The highest BCUT2D eigenvalue weighted by Gasteiger charge is 2.36. The first-order valence-corrected chi connectivity index (χ1v) is 9.84. The van der Waals surface area contributed by atoms with Gasteiger partial charge >= 0.3 is 5.97 Å². The van der Waals surface area contributed by atoms with Crippen molar-refractivity contribution >= 4 is 21.7 Å². The van der Waals surface area contributed by atoms with Crippen LogP contribution in [-0.4, -0.2) is 50.6 Å². The molecule has 6 nitrogen and oxygen atoms in total. The van der Waals surface area contributed by atoms with Crippen molar-refractivity contribution in [1.82, 2.24) is 4.90 Å². The Morgan fingerprint density at radius 2 is 1.63 bits per heavy atom. The number of benzene rings is 2. The van der Waals surface area contributed by atoms with Crippen molar-refractivity contribution in [1.29, 1.82) is 0 Å². The molecule has 2 aromatic rings. The number of sulfone groups is 1. The van der Waals surface area contributed by atoms with Gasteiger partial charge in [0.05, 0.1) is 22.8 Å². The van der Waals surface area contributed by atoms with E-state index >= 15 is 0 Å². The Bertz CT molecular complexity index is 955. The van der Waals surface area contributed by atoms with Crippen LogP contribution in [0.3, 0.4) is 0 Å². The van der Waals surface area contributed by atoms with Crippen molar-refractivity contribution < 1.29 is 27.1 Å². The molecule has 0 aromatic heterocycles. The number of ether oxygens (including phenoxy) is 1. The second kappa shape index (κ2) is 7.48. The molecule has 1 saturated heterocycles. The number of nitrogens with zero attached hydrogens (tertiary/aromatic N) is 1. The summed E-state index contributed by atoms with van der Waals surface area (Å²) >= 11 is 0. The molecule has 1 aliphatic heterocycles. The number of carbonyl (C=O) groups excluding carboxylic acids is 2. The fourth-order valence-corrected chi connectivity index (χ4v) is 4.72. The maximum absolute atomic E-state index is 13.0. The molecule has 27 heavy (non-hydrogen) atoms. The van der Waals surface area contributed by atoms with E-state index in [9.17, 15) is 22.4 Å². The summed E-state index contributed by atoms with van der Waals surface area (Å²) in [4.78, 5) is 25.6. The van der Waals surface area contributed by atoms with Gasteiger partial charge in [0, 0.05) is 18.7 Å². The summed E-state index contributed by atoms with van der Waals surface area (Å²) < 4.78 is 43.0.